The van der Waals surface area contributed by atoms with Crippen LogP contribution in [-0.2, 0) is 17.8 Å². The van der Waals surface area contributed by atoms with Gasteiger partial charge in [-0.1, -0.05) is 30.3 Å². The van der Waals surface area contributed by atoms with E-state index in [1.807, 2.05) is 53.4 Å². The molecule has 5 nitrogen and oxygen atoms in total. The number of ether oxygens (including phenoxy) is 1. The van der Waals surface area contributed by atoms with Crippen LogP contribution < -0.4 is 10.1 Å². The molecule has 0 unspecified atom stereocenters. The van der Waals surface area contributed by atoms with E-state index < -0.39 is 6.10 Å². The predicted molar refractivity (Wildman–Crippen MR) is 103 cm³/mol. The number of carbonyl (C=O) groups excluding carboxylic acids is 2. The van der Waals surface area contributed by atoms with Gasteiger partial charge in [0.2, 0.25) is 0 Å². The van der Waals surface area contributed by atoms with Crippen LogP contribution in [0.25, 0.3) is 0 Å². The number of piperidine rings is 1. The number of rotatable bonds is 4. The zero-order chi connectivity index (χ0) is 18.6. The van der Waals surface area contributed by atoms with Gasteiger partial charge in [-0.05, 0) is 48.6 Å². The summed E-state index contributed by atoms with van der Waals surface area (Å²) in [6, 6.07) is 15.2. The standard InChI is InChI=1S/C22H24N2O3/c25-21(20-14-18-6-2-3-7-19(18)27-20)23-15-16-8-10-17(11-9-16)22(26)24-12-4-1-5-13-24/h2-3,6-11,20H,1,4-5,12-15H2,(H,23,25)/t20-/m1/s1. The van der Waals surface area contributed by atoms with Gasteiger partial charge in [-0.15, -0.1) is 0 Å². The van der Waals surface area contributed by atoms with E-state index in [-0.39, 0.29) is 11.8 Å². The second-order valence-electron chi connectivity index (χ2n) is 7.19. The maximum Gasteiger partial charge on any atom is 0.261 e. The molecule has 2 aromatic carbocycles. The van der Waals surface area contributed by atoms with Crippen molar-refractivity contribution in [1.82, 2.24) is 10.2 Å². The van der Waals surface area contributed by atoms with Gasteiger partial charge in [-0.2, -0.15) is 0 Å². The van der Waals surface area contributed by atoms with Crippen LogP contribution in [0, 0.1) is 0 Å². The Morgan fingerprint density at radius 1 is 1.00 bits per heavy atom. The van der Waals surface area contributed by atoms with E-state index in [9.17, 15) is 9.59 Å². The summed E-state index contributed by atoms with van der Waals surface area (Å²) in [6.45, 7) is 2.12. The molecular weight excluding hydrogens is 340 g/mol. The average molecular weight is 364 g/mol. The van der Waals surface area contributed by atoms with E-state index in [0.29, 0.717) is 18.5 Å². The molecule has 5 heteroatoms. The van der Waals surface area contributed by atoms with E-state index in [2.05, 4.69) is 5.32 Å². The van der Waals surface area contributed by atoms with E-state index in [0.717, 1.165) is 42.8 Å². The van der Waals surface area contributed by atoms with Gasteiger partial charge < -0.3 is 15.0 Å². The van der Waals surface area contributed by atoms with Crippen LogP contribution in [0.4, 0.5) is 0 Å². The van der Waals surface area contributed by atoms with E-state index >= 15 is 0 Å². The predicted octanol–water partition coefficient (Wildman–Crippen LogP) is 2.93. The number of amides is 2. The molecule has 1 saturated heterocycles. The number of nitrogens with one attached hydrogen (secondary N) is 1. The summed E-state index contributed by atoms with van der Waals surface area (Å²) in [4.78, 5) is 26.8. The highest BCUT2D eigenvalue weighted by Gasteiger charge is 2.28. The molecular formula is C22H24N2O3. The lowest BCUT2D eigenvalue weighted by atomic mass is 10.1. The molecule has 0 aromatic heterocycles. The number of carbonyl (C=O) groups is 2. The Morgan fingerprint density at radius 2 is 1.74 bits per heavy atom. The maximum atomic E-state index is 12.5. The molecule has 140 valence electrons. The van der Waals surface area contributed by atoms with Gasteiger partial charge in [0.1, 0.15) is 5.75 Å². The van der Waals surface area contributed by atoms with Crippen LogP contribution in [0.5, 0.6) is 5.75 Å². The summed E-state index contributed by atoms with van der Waals surface area (Å²) in [7, 11) is 0. The van der Waals surface area contributed by atoms with Gasteiger partial charge in [-0.3, -0.25) is 9.59 Å². The van der Waals surface area contributed by atoms with Crippen LogP contribution in [0.1, 0.15) is 40.7 Å². The van der Waals surface area contributed by atoms with Crippen LogP contribution in [-0.4, -0.2) is 35.9 Å². The maximum absolute atomic E-state index is 12.5. The molecule has 2 heterocycles. The van der Waals surface area contributed by atoms with Crippen molar-refractivity contribution in [3.8, 4) is 5.75 Å². The van der Waals surface area contributed by atoms with Crippen molar-refractivity contribution >= 4 is 11.8 Å². The third-order valence-corrected chi connectivity index (χ3v) is 5.25. The van der Waals surface area contributed by atoms with Gasteiger partial charge in [0.05, 0.1) is 0 Å². The Kier molecular flexibility index (Phi) is 5.10. The van der Waals surface area contributed by atoms with Crippen LogP contribution in [0.15, 0.2) is 48.5 Å². The number of hydrogen-bond donors (Lipinski definition) is 1. The summed E-state index contributed by atoms with van der Waals surface area (Å²) in [5.41, 5.74) is 2.74. The van der Waals surface area contributed by atoms with Gasteiger partial charge in [0.15, 0.2) is 6.10 Å². The molecule has 0 radical (unpaired) electrons. The number of hydrogen-bond acceptors (Lipinski definition) is 3. The first-order valence-electron chi connectivity index (χ1n) is 9.61. The fraction of sp³-hybridized carbons (Fsp3) is 0.364. The zero-order valence-electron chi connectivity index (χ0n) is 15.3. The van der Waals surface area contributed by atoms with Crippen molar-refractivity contribution in [2.45, 2.75) is 38.3 Å². The topological polar surface area (TPSA) is 58.6 Å². The Labute approximate surface area is 159 Å². The zero-order valence-corrected chi connectivity index (χ0v) is 15.3. The van der Waals surface area contributed by atoms with Crippen molar-refractivity contribution in [2.75, 3.05) is 13.1 Å². The summed E-state index contributed by atoms with van der Waals surface area (Å²) in [6.07, 6.45) is 3.51. The smallest absolute Gasteiger partial charge is 0.261 e. The van der Waals surface area contributed by atoms with Crippen molar-refractivity contribution in [1.29, 1.82) is 0 Å². The van der Waals surface area contributed by atoms with Gasteiger partial charge in [-0.25, -0.2) is 0 Å². The second-order valence-corrected chi connectivity index (χ2v) is 7.19. The van der Waals surface area contributed by atoms with Crippen molar-refractivity contribution in [3.05, 3.63) is 65.2 Å². The molecule has 0 spiro atoms. The molecule has 1 atom stereocenters. The number of para-hydroxylation sites is 1. The lowest BCUT2D eigenvalue weighted by Crippen LogP contribution is -2.37. The number of fused-ring (bicyclic) bond motifs is 1. The first-order valence-corrected chi connectivity index (χ1v) is 9.61. The highest BCUT2D eigenvalue weighted by atomic mass is 16.5. The molecule has 27 heavy (non-hydrogen) atoms. The first kappa shape index (κ1) is 17.6. The number of benzene rings is 2. The molecule has 1 N–H and O–H groups in total. The second kappa shape index (κ2) is 7.82. The van der Waals surface area contributed by atoms with Crippen molar-refractivity contribution in [2.24, 2.45) is 0 Å². The number of nitrogens with zero attached hydrogens (tertiary/aromatic N) is 1. The number of likely N-dealkylation sites (tertiary alicyclic amines) is 1. The highest BCUT2D eigenvalue weighted by molar-refractivity contribution is 5.94. The quantitative estimate of drug-likeness (QED) is 0.907. The van der Waals surface area contributed by atoms with Crippen molar-refractivity contribution in [3.63, 3.8) is 0 Å². The van der Waals surface area contributed by atoms with Crippen molar-refractivity contribution < 1.29 is 14.3 Å². The lowest BCUT2D eigenvalue weighted by molar-refractivity contribution is -0.127. The Bertz CT molecular complexity index is 801. The normalized spacial score (nSPS) is 18.5. The summed E-state index contributed by atoms with van der Waals surface area (Å²) in [5, 5.41) is 2.93. The molecule has 1 fully saturated rings. The van der Waals surface area contributed by atoms with E-state index in [4.69, 9.17) is 4.74 Å². The minimum absolute atomic E-state index is 0.0994. The summed E-state index contributed by atoms with van der Waals surface area (Å²) < 4.78 is 5.71. The van der Waals surface area contributed by atoms with Crippen LogP contribution in [0.2, 0.25) is 0 Å². The van der Waals surface area contributed by atoms with Gasteiger partial charge in [0, 0.05) is 31.6 Å². The monoisotopic (exact) mass is 364 g/mol. The first-order chi connectivity index (χ1) is 13.2. The third kappa shape index (κ3) is 3.97. The largest absolute Gasteiger partial charge is 0.480 e. The van der Waals surface area contributed by atoms with Gasteiger partial charge in [0.25, 0.3) is 11.8 Å². The van der Waals surface area contributed by atoms with Crippen LogP contribution >= 0.6 is 0 Å². The molecule has 4 rings (SSSR count). The average Bonchev–Trinajstić information content (AvgIpc) is 3.17. The molecule has 0 bridgehead atoms. The van der Waals surface area contributed by atoms with E-state index in [1.54, 1.807) is 0 Å². The molecule has 2 aromatic rings. The molecule has 0 saturated carbocycles. The Hall–Kier alpha value is -2.82. The molecule has 2 amide bonds. The highest BCUT2D eigenvalue weighted by Crippen LogP contribution is 2.28. The third-order valence-electron chi connectivity index (χ3n) is 5.25. The van der Waals surface area contributed by atoms with Crippen LogP contribution in [0.3, 0.4) is 0 Å². The summed E-state index contributed by atoms with van der Waals surface area (Å²) in [5.74, 6) is 0.778. The minimum Gasteiger partial charge on any atom is -0.480 e. The van der Waals surface area contributed by atoms with Gasteiger partial charge >= 0.3 is 0 Å². The Balaban J connectivity index is 1.30. The molecule has 0 aliphatic carbocycles. The van der Waals surface area contributed by atoms with E-state index in [1.165, 1.54) is 6.42 Å². The fourth-order valence-corrected chi connectivity index (χ4v) is 3.68. The molecule has 2 aliphatic rings. The summed E-state index contributed by atoms with van der Waals surface area (Å²) >= 11 is 0. The SMILES string of the molecule is O=C(NCc1ccc(C(=O)N2CCCCC2)cc1)[C@H]1Cc2ccccc2O1. The lowest BCUT2D eigenvalue weighted by Gasteiger charge is -2.26. The fourth-order valence-electron chi connectivity index (χ4n) is 3.68. The molecule has 2 aliphatic heterocycles. The minimum atomic E-state index is -0.470. The Morgan fingerprint density at radius 3 is 2.48 bits per heavy atom.